The lowest BCUT2D eigenvalue weighted by Gasteiger charge is -2.30. The molecular formula is C16H26N2O4S2. The summed E-state index contributed by atoms with van der Waals surface area (Å²) in [6.07, 6.45) is 4.51. The van der Waals surface area contributed by atoms with E-state index in [0.29, 0.717) is 32.5 Å². The van der Waals surface area contributed by atoms with Gasteiger partial charge in [-0.3, -0.25) is 0 Å². The molecule has 0 bridgehead atoms. The second-order valence-corrected chi connectivity index (χ2v) is 10.1. The second-order valence-electron chi connectivity index (χ2n) is 6.35. The average Bonchev–Trinajstić information content (AvgIpc) is 2.53. The maximum absolute atomic E-state index is 12.4. The van der Waals surface area contributed by atoms with Crippen LogP contribution in [0.4, 0.5) is 0 Å². The van der Waals surface area contributed by atoms with Gasteiger partial charge in [0.1, 0.15) is 0 Å². The topological polar surface area (TPSA) is 83.6 Å². The molecule has 0 unspecified atom stereocenters. The van der Waals surface area contributed by atoms with Crippen molar-refractivity contribution in [1.29, 1.82) is 0 Å². The highest BCUT2D eigenvalue weighted by molar-refractivity contribution is 7.89. The molecule has 0 aromatic heterocycles. The lowest BCUT2D eigenvalue weighted by Crippen LogP contribution is -2.41. The lowest BCUT2D eigenvalue weighted by molar-refractivity contribution is 0.275. The predicted molar refractivity (Wildman–Crippen MR) is 94.8 cm³/mol. The van der Waals surface area contributed by atoms with E-state index in [1.807, 2.05) is 12.1 Å². The quantitative estimate of drug-likeness (QED) is 0.785. The Kier molecular flexibility index (Phi) is 6.41. The Balaban J connectivity index is 1.89. The van der Waals surface area contributed by atoms with Gasteiger partial charge in [0.05, 0.1) is 11.2 Å². The highest BCUT2D eigenvalue weighted by Gasteiger charge is 2.26. The summed E-state index contributed by atoms with van der Waals surface area (Å²) < 4.78 is 51.8. The van der Waals surface area contributed by atoms with Crippen molar-refractivity contribution in [3.8, 4) is 0 Å². The summed E-state index contributed by atoms with van der Waals surface area (Å²) >= 11 is 0. The van der Waals surface area contributed by atoms with E-state index in [4.69, 9.17) is 0 Å². The number of sulfonamides is 2. The Morgan fingerprint density at radius 1 is 1.08 bits per heavy atom. The molecule has 0 spiro atoms. The van der Waals surface area contributed by atoms with Crippen molar-refractivity contribution in [2.24, 2.45) is 5.92 Å². The molecule has 136 valence electrons. The van der Waals surface area contributed by atoms with E-state index in [1.54, 1.807) is 12.1 Å². The highest BCUT2D eigenvalue weighted by Crippen LogP contribution is 2.19. The van der Waals surface area contributed by atoms with Crippen LogP contribution in [-0.4, -0.2) is 47.0 Å². The summed E-state index contributed by atoms with van der Waals surface area (Å²) in [7, 11) is -6.67. The van der Waals surface area contributed by atoms with Crippen LogP contribution in [0.2, 0.25) is 0 Å². The minimum Gasteiger partial charge on any atom is -0.213 e. The van der Waals surface area contributed by atoms with Gasteiger partial charge in [-0.2, -0.15) is 0 Å². The van der Waals surface area contributed by atoms with Gasteiger partial charge in [0, 0.05) is 19.6 Å². The van der Waals surface area contributed by atoms with Crippen LogP contribution in [0, 0.1) is 5.92 Å². The van der Waals surface area contributed by atoms with Gasteiger partial charge in [0.15, 0.2) is 0 Å². The zero-order valence-electron chi connectivity index (χ0n) is 14.2. The van der Waals surface area contributed by atoms with E-state index in [0.717, 1.165) is 18.4 Å². The molecule has 1 aliphatic rings. The van der Waals surface area contributed by atoms with Gasteiger partial charge in [0.25, 0.3) is 0 Å². The van der Waals surface area contributed by atoms with Gasteiger partial charge >= 0.3 is 0 Å². The molecule has 1 saturated heterocycles. The number of aryl methyl sites for hydroxylation is 1. The third-order valence-corrected chi connectivity index (χ3v) is 7.12. The first kappa shape index (κ1) is 19.4. The molecule has 8 heteroatoms. The normalized spacial score (nSPS) is 17.9. The van der Waals surface area contributed by atoms with E-state index in [-0.39, 0.29) is 10.8 Å². The fourth-order valence-electron chi connectivity index (χ4n) is 2.88. The molecule has 0 atom stereocenters. The van der Waals surface area contributed by atoms with Crippen molar-refractivity contribution in [2.45, 2.75) is 37.5 Å². The fraction of sp³-hybridized carbons (Fsp3) is 0.625. The summed E-state index contributed by atoms with van der Waals surface area (Å²) in [4.78, 5) is 0.274. The maximum Gasteiger partial charge on any atom is 0.240 e. The molecule has 0 amide bonds. The van der Waals surface area contributed by atoms with E-state index in [9.17, 15) is 16.8 Å². The van der Waals surface area contributed by atoms with Gasteiger partial charge in [-0.1, -0.05) is 25.5 Å². The SMILES string of the molecule is CCCc1ccc(S(=O)(=O)NCC2CCN(S(C)(=O)=O)CC2)cc1. The monoisotopic (exact) mass is 374 g/mol. The minimum atomic E-state index is -3.52. The molecule has 1 aliphatic heterocycles. The van der Waals surface area contributed by atoms with Crippen LogP contribution in [0.25, 0.3) is 0 Å². The van der Waals surface area contributed by atoms with Gasteiger partial charge < -0.3 is 0 Å². The number of hydrogen-bond donors (Lipinski definition) is 1. The van der Waals surface area contributed by atoms with Crippen LogP contribution >= 0.6 is 0 Å². The van der Waals surface area contributed by atoms with Crippen molar-refractivity contribution in [3.05, 3.63) is 29.8 Å². The first-order chi connectivity index (χ1) is 11.2. The van der Waals surface area contributed by atoms with Crippen molar-refractivity contribution in [3.63, 3.8) is 0 Å². The molecule has 1 heterocycles. The molecular weight excluding hydrogens is 348 g/mol. The lowest BCUT2D eigenvalue weighted by atomic mass is 9.99. The zero-order chi connectivity index (χ0) is 17.8. The Morgan fingerprint density at radius 2 is 1.67 bits per heavy atom. The molecule has 0 saturated carbocycles. The molecule has 1 N–H and O–H groups in total. The van der Waals surface area contributed by atoms with Crippen LogP contribution in [0.15, 0.2) is 29.2 Å². The van der Waals surface area contributed by atoms with E-state index < -0.39 is 20.0 Å². The number of rotatable bonds is 7. The maximum atomic E-state index is 12.4. The van der Waals surface area contributed by atoms with E-state index >= 15 is 0 Å². The zero-order valence-corrected chi connectivity index (χ0v) is 15.9. The third kappa shape index (κ3) is 5.27. The standard InChI is InChI=1S/C16H26N2O4S2/c1-3-4-14-5-7-16(8-6-14)24(21,22)17-13-15-9-11-18(12-10-15)23(2,19)20/h5-8,15,17H,3-4,9-13H2,1-2H3. The number of nitrogens with one attached hydrogen (secondary N) is 1. The van der Waals surface area contributed by atoms with Crippen LogP contribution in [0.3, 0.4) is 0 Å². The third-order valence-electron chi connectivity index (χ3n) is 4.38. The summed E-state index contributed by atoms with van der Waals surface area (Å²) in [5.41, 5.74) is 1.13. The average molecular weight is 375 g/mol. The molecule has 24 heavy (non-hydrogen) atoms. The smallest absolute Gasteiger partial charge is 0.213 e. The summed E-state index contributed by atoms with van der Waals surface area (Å²) in [6.45, 7) is 3.34. The molecule has 0 radical (unpaired) electrons. The largest absolute Gasteiger partial charge is 0.240 e. The van der Waals surface area contributed by atoms with E-state index in [1.165, 1.54) is 10.6 Å². The van der Waals surface area contributed by atoms with Crippen LogP contribution in [-0.2, 0) is 26.5 Å². The number of benzene rings is 1. The van der Waals surface area contributed by atoms with Gasteiger partial charge in [0.2, 0.25) is 20.0 Å². The first-order valence-electron chi connectivity index (χ1n) is 8.26. The Labute approximate surface area is 145 Å². The fourth-order valence-corrected chi connectivity index (χ4v) is 4.87. The van der Waals surface area contributed by atoms with Crippen LogP contribution in [0.5, 0.6) is 0 Å². The van der Waals surface area contributed by atoms with Gasteiger partial charge in [-0.25, -0.2) is 25.9 Å². The minimum absolute atomic E-state index is 0.164. The highest BCUT2D eigenvalue weighted by atomic mass is 32.2. The van der Waals surface area contributed by atoms with Crippen molar-refractivity contribution in [2.75, 3.05) is 25.9 Å². The van der Waals surface area contributed by atoms with Crippen molar-refractivity contribution in [1.82, 2.24) is 9.03 Å². The summed E-state index contributed by atoms with van der Waals surface area (Å²) in [5.74, 6) is 0.164. The van der Waals surface area contributed by atoms with Crippen molar-refractivity contribution >= 4 is 20.0 Å². The number of hydrogen-bond acceptors (Lipinski definition) is 4. The Bertz CT molecular complexity index is 735. The Morgan fingerprint density at radius 3 is 2.17 bits per heavy atom. The van der Waals surface area contributed by atoms with Gasteiger partial charge in [-0.05, 0) is 42.9 Å². The first-order valence-corrected chi connectivity index (χ1v) is 11.6. The van der Waals surface area contributed by atoms with Gasteiger partial charge in [-0.15, -0.1) is 0 Å². The summed E-state index contributed by atoms with van der Waals surface area (Å²) in [6, 6.07) is 6.98. The molecule has 6 nitrogen and oxygen atoms in total. The van der Waals surface area contributed by atoms with Crippen LogP contribution in [0.1, 0.15) is 31.7 Å². The number of piperidine rings is 1. The molecule has 1 fully saturated rings. The van der Waals surface area contributed by atoms with E-state index in [2.05, 4.69) is 11.6 Å². The molecule has 0 aliphatic carbocycles. The Hall–Kier alpha value is -0.960. The predicted octanol–water partition coefficient (Wildman–Crippen LogP) is 1.59. The molecule has 2 rings (SSSR count). The number of nitrogens with zero attached hydrogens (tertiary/aromatic N) is 1. The molecule has 1 aromatic rings. The van der Waals surface area contributed by atoms with Crippen LogP contribution < -0.4 is 4.72 Å². The van der Waals surface area contributed by atoms with Crippen molar-refractivity contribution < 1.29 is 16.8 Å². The second kappa shape index (κ2) is 7.95. The molecule has 1 aromatic carbocycles. The summed E-state index contributed by atoms with van der Waals surface area (Å²) in [5, 5.41) is 0.